The maximum atomic E-state index is 5.77. The Bertz CT molecular complexity index is 559. The summed E-state index contributed by atoms with van der Waals surface area (Å²) < 4.78 is 0. The van der Waals surface area contributed by atoms with Crippen LogP contribution in [0.5, 0.6) is 0 Å². The van der Waals surface area contributed by atoms with E-state index < -0.39 is 0 Å². The minimum Gasteiger partial charge on any atom is -0.399 e. The molecule has 0 unspecified atom stereocenters. The number of hydrogen-bond acceptors (Lipinski definition) is 3. The second-order valence-electron chi connectivity index (χ2n) is 5.51. The Morgan fingerprint density at radius 2 is 2.00 bits per heavy atom. The molecule has 0 aliphatic heterocycles. The number of aromatic nitrogens is 1. The number of nitrogen functional groups attached to an aromatic ring is 1. The number of pyridine rings is 1. The molecule has 0 amide bonds. The van der Waals surface area contributed by atoms with Crippen molar-refractivity contribution < 1.29 is 0 Å². The molecule has 3 heteroatoms. The van der Waals surface area contributed by atoms with Gasteiger partial charge in [0, 0.05) is 17.6 Å². The van der Waals surface area contributed by atoms with Gasteiger partial charge in [-0.2, -0.15) is 0 Å². The lowest BCUT2D eigenvalue weighted by Gasteiger charge is -2.10. The maximum Gasteiger partial charge on any atom is 0.126 e. The molecule has 19 heavy (non-hydrogen) atoms. The zero-order valence-corrected chi connectivity index (χ0v) is 11.2. The predicted octanol–water partition coefficient (Wildman–Crippen LogP) is 3.81. The van der Waals surface area contributed by atoms with E-state index in [9.17, 15) is 0 Å². The van der Waals surface area contributed by atoms with Gasteiger partial charge in [0.1, 0.15) is 5.82 Å². The van der Waals surface area contributed by atoms with Gasteiger partial charge in [0.25, 0.3) is 0 Å². The molecule has 3 nitrogen and oxygen atoms in total. The van der Waals surface area contributed by atoms with Crippen LogP contribution in [0.4, 0.5) is 11.5 Å². The Labute approximate surface area is 114 Å². The summed E-state index contributed by atoms with van der Waals surface area (Å²) in [6, 6.07) is 9.96. The first kappa shape index (κ1) is 12.3. The van der Waals surface area contributed by atoms with E-state index in [2.05, 4.69) is 16.4 Å². The first-order valence-corrected chi connectivity index (χ1v) is 7.21. The third kappa shape index (κ3) is 2.98. The number of rotatable bonds is 4. The molecule has 1 fully saturated rings. The summed E-state index contributed by atoms with van der Waals surface area (Å²) in [4.78, 5) is 4.61. The van der Waals surface area contributed by atoms with Gasteiger partial charge in [-0.05, 0) is 42.7 Å². The van der Waals surface area contributed by atoms with Crippen molar-refractivity contribution in [3.63, 3.8) is 0 Å². The van der Waals surface area contributed by atoms with E-state index in [0.29, 0.717) is 0 Å². The molecule has 1 aliphatic rings. The van der Waals surface area contributed by atoms with E-state index in [4.69, 9.17) is 5.73 Å². The van der Waals surface area contributed by atoms with E-state index in [1.807, 2.05) is 24.3 Å². The van der Waals surface area contributed by atoms with Crippen LogP contribution >= 0.6 is 0 Å². The second-order valence-corrected chi connectivity index (χ2v) is 5.51. The van der Waals surface area contributed by atoms with Gasteiger partial charge in [0.2, 0.25) is 0 Å². The van der Waals surface area contributed by atoms with Gasteiger partial charge in [-0.3, -0.25) is 0 Å². The maximum absolute atomic E-state index is 5.77. The fourth-order valence-corrected chi connectivity index (χ4v) is 2.95. The van der Waals surface area contributed by atoms with Crippen LogP contribution in [0, 0.1) is 5.92 Å². The van der Waals surface area contributed by atoms with Crippen molar-refractivity contribution in [2.24, 2.45) is 5.92 Å². The summed E-state index contributed by atoms with van der Waals surface area (Å²) in [5, 5.41) is 4.53. The molecule has 0 spiro atoms. The van der Waals surface area contributed by atoms with Crippen LogP contribution in [-0.4, -0.2) is 11.5 Å². The summed E-state index contributed by atoms with van der Waals surface area (Å²) >= 11 is 0. The molecular formula is C16H21N3. The molecule has 0 saturated heterocycles. The van der Waals surface area contributed by atoms with E-state index in [1.165, 1.54) is 32.1 Å². The SMILES string of the molecule is Nc1ccc2nc(NCCC3CCCC3)ccc2c1. The fraction of sp³-hybridized carbons (Fsp3) is 0.438. The van der Waals surface area contributed by atoms with Gasteiger partial charge in [-0.15, -0.1) is 0 Å². The Kier molecular flexibility index (Phi) is 3.53. The average Bonchev–Trinajstić information content (AvgIpc) is 2.92. The second kappa shape index (κ2) is 5.47. The molecule has 2 aromatic rings. The van der Waals surface area contributed by atoms with E-state index in [-0.39, 0.29) is 0 Å². The number of anilines is 2. The normalized spacial score (nSPS) is 16.0. The third-order valence-corrected chi connectivity index (χ3v) is 4.05. The topological polar surface area (TPSA) is 50.9 Å². The molecule has 1 aromatic heterocycles. The molecule has 0 radical (unpaired) electrons. The van der Waals surface area contributed by atoms with Crippen molar-refractivity contribution in [1.29, 1.82) is 0 Å². The van der Waals surface area contributed by atoms with Crippen molar-refractivity contribution >= 4 is 22.4 Å². The molecular weight excluding hydrogens is 234 g/mol. The summed E-state index contributed by atoms with van der Waals surface area (Å²) in [6.07, 6.45) is 6.92. The number of hydrogen-bond donors (Lipinski definition) is 2. The van der Waals surface area contributed by atoms with Gasteiger partial charge in [-0.25, -0.2) is 4.98 Å². The van der Waals surface area contributed by atoms with Crippen LogP contribution in [0.25, 0.3) is 10.9 Å². The summed E-state index contributed by atoms with van der Waals surface area (Å²) in [5.74, 6) is 1.89. The smallest absolute Gasteiger partial charge is 0.126 e. The highest BCUT2D eigenvalue weighted by Gasteiger charge is 2.14. The van der Waals surface area contributed by atoms with Crippen LogP contribution in [0.15, 0.2) is 30.3 Å². The molecule has 1 saturated carbocycles. The van der Waals surface area contributed by atoms with Gasteiger partial charge >= 0.3 is 0 Å². The summed E-state index contributed by atoms with van der Waals surface area (Å²) in [5.41, 5.74) is 7.56. The van der Waals surface area contributed by atoms with Crippen LogP contribution < -0.4 is 11.1 Å². The summed E-state index contributed by atoms with van der Waals surface area (Å²) in [6.45, 7) is 1.03. The quantitative estimate of drug-likeness (QED) is 0.817. The average molecular weight is 255 g/mol. The Morgan fingerprint density at radius 3 is 2.84 bits per heavy atom. The van der Waals surface area contributed by atoms with Crippen molar-refractivity contribution in [1.82, 2.24) is 4.98 Å². The van der Waals surface area contributed by atoms with Crippen LogP contribution in [0.3, 0.4) is 0 Å². The number of nitrogens with zero attached hydrogens (tertiary/aromatic N) is 1. The van der Waals surface area contributed by atoms with Gasteiger partial charge in [-0.1, -0.05) is 25.7 Å². The molecule has 3 rings (SSSR count). The van der Waals surface area contributed by atoms with Crippen molar-refractivity contribution in [2.45, 2.75) is 32.1 Å². The van der Waals surface area contributed by atoms with Crippen LogP contribution in [-0.2, 0) is 0 Å². The van der Waals surface area contributed by atoms with Gasteiger partial charge in [0.05, 0.1) is 5.52 Å². The molecule has 3 N–H and O–H groups in total. The molecule has 1 aromatic carbocycles. The largest absolute Gasteiger partial charge is 0.399 e. The van der Waals surface area contributed by atoms with Crippen molar-refractivity contribution in [2.75, 3.05) is 17.6 Å². The lowest BCUT2D eigenvalue weighted by atomic mass is 10.0. The number of nitrogens with one attached hydrogen (secondary N) is 1. The lowest BCUT2D eigenvalue weighted by Crippen LogP contribution is -2.07. The van der Waals surface area contributed by atoms with Gasteiger partial charge in [0.15, 0.2) is 0 Å². The monoisotopic (exact) mass is 255 g/mol. The minimum absolute atomic E-state index is 0.788. The number of benzene rings is 1. The Balaban J connectivity index is 1.62. The Hall–Kier alpha value is -1.77. The summed E-state index contributed by atoms with van der Waals surface area (Å²) in [7, 11) is 0. The molecule has 0 bridgehead atoms. The number of fused-ring (bicyclic) bond motifs is 1. The first-order chi connectivity index (χ1) is 9.31. The van der Waals surface area contributed by atoms with E-state index >= 15 is 0 Å². The molecule has 100 valence electrons. The zero-order chi connectivity index (χ0) is 13.1. The predicted molar refractivity (Wildman–Crippen MR) is 81.2 cm³/mol. The molecule has 1 aliphatic carbocycles. The van der Waals surface area contributed by atoms with Crippen molar-refractivity contribution in [3.8, 4) is 0 Å². The standard InChI is InChI=1S/C16H21N3/c17-14-6-7-15-13(11-14)5-8-16(19-15)18-10-9-12-3-1-2-4-12/h5-8,11-12H,1-4,9-10,17H2,(H,18,19). The lowest BCUT2D eigenvalue weighted by molar-refractivity contribution is 0.518. The zero-order valence-electron chi connectivity index (χ0n) is 11.2. The van der Waals surface area contributed by atoms with E-state index in [0.717, 1.165) is 34.9 Å². The third-order valence-electron chi connectivity index (χ3n) is 4.05. The van der Waals surface area contributed by atoms with Gasteiger partial charge < -0.3 is 11.1 Å². The highest BCUT2D eigenvalue weighted by atomic mass is 15.0. The highest BCUT2D eigenvalue weighted by Crippen LogP contribution is 2.27. The fourth-order valence-electron chi connectivity index (χ4n) is 2.95. The molecule has 1 heterocycles. The van der Waals surface area contributed by atoms with Crippen LogP contribution in [0.2, 0.25) is 0 Å². The Morgan fingerprint density at radius 1 is 1.16 bits per heavy atom. The number of nitrogens with two attached hydrogens (primary N) is 1. The van der Waals surface area contributed by atoms with Crippen molar-refractivity contribution in [3.05, 3.63) is 30.3 Å². The van der Waals surface area contributed by atoms with E-state index in [1.54, 1.807) is 0 Å². The minimum atomic E-state index is 0.788. The van der Waals surface area contributed by atoms with Crippen LogP contribution in [0.1, 0.15) is 32.1 Å². The molecule has 0 atom stereocenters. The first-order valence-electron chi connectivity index (χ1n) is 7.21. The highest BCUT2D eigenvalue weighted by molar-refractivity contribution is 5.83.